The van der Waals surface area contributed by atoms with Gasteiger partial charge < -0.3 is 5.32 Å². The van der Waals surface area contributed by atoms with E-state index in [0.717, 1.165) is 31.5 Å². The summed E-state index contributed by atoms with van der Waals surface area (Å²) in [5, 5.41) is 3.36. The van der Waals surface area contributed by atoms with Crippen molar-refractivity contribution in [2.24, 2.45) is 0 Å². The molecule has 0 amide bonds. The first kappa shape index (κ1) is 9.41. The largest absolute Gasteiger partial charge is 0.316 e. The number of nitrogens with one attached hydrogen (secondary N) is 1. The lowest BCUT2D eigenvalue weighted by atomic mass is 9.99. The van der Waals surface area contributed by atoms with E-state index in [1.54, 1.807) is 6.92 Å². The Hall–Kier alpha value is -1.15. The first-order valence-electron chi connectivity index (χ1n) is 5.11. The number of carbonyl (C=O) groups excluding carboxylic acids is 1. The quantitative estimate of drug-likeness (QED) is 0.679. The molecule has 0 spiro atoms. The van der Waals surface area contributed by atoms with Crippen LogP contribution in [-0.2, 0) is 12.8 Å². The molecule has 2 nitrogen and oxygen atoms in total. The maximum Gasteiger partial charge on any atom is 0.159 e. The van der Waals surface area contributed by atoms with Crippen LogP contribution < -0.4 is 5.32 Å². The van der Waals surface area contributed by atoms with Crippen molar-refractivity contribution in [2.75, 3.05) is 13.1 Å². The van der Waals surface area contributed by atoms with Crippen LogP contribution in [0.2, 0.25) is 0 Å². The third kappa shape index (κ3) is 1.85. The van der Waals surface area contributed by atoms with Gasteiger partial charge >= 0.3 is 0 Å². The van der Waals surface area contributed by atoms with Crippen LogP contribution in [0.15, 0.2) is 18.2 Å². The van der Waals surface area contributed by atoms with E-state index in [0.29, 0.717) is 0 Å². The first-order valence-corrected chi connectivity index (χ1v) is 5.11. The van der Waals surface area contributed by atoms with Gasteiger partial charge in [0.1, 0.15) is 0 Å². The molecule has 1 aromatic rings. The molecule has 0 saturated carbocycles. The lowest BCUT2D eigenvalue weighted by molar-refractivity contribution is 0.101. The standard InChI is InChI=1S/C12H15NO/c1-9(14)11-3-2-10-4-6-13-7-5-12(10)8-11/h2-3,8,13H,4-7H2,1H3. The van der Waals surface area contributed by atoms with Gasteiger partial charge in [0.05, 0.1) is 0 Å². The summed E-state index contributed by atoms with van der Waals surface area (Å²) in [7, 11) is 0. The number of benzene rings is 1. The summed E-state index contributed by atoms with van der Waals surface area (Å²) in [5.41, 5.74) is 3.56. The van der Waals surface area contributed by atoms with Crippen LogP contribution in [0.1, 0.15) is 28.4 Å². The predicted octanol–water partition coefficient (Wildman–Crippen LogP) is 1.58. The van der Waals surface area contributed by atoms with E-state index >= 15 is 0 Å². The van der Waals surface area contributed by atoms with E-state index in [4.69, 9.17) is 0 Å². The first-order chi connectivity index (χ1) is 6.77. The van der Waals surface area contributed by atoms with Crippen LogP contribution in [0.3, 0.4) is 0 Å². The van der Waals surface area contributed by atoms with Crippen molar-refractivity contribution >= 4 is 5.78 Å². The van der Waals surface area contributed by atoms with Crippen LogP contribution in [-0.4, -0.2) is 18.9 Å². The molecule has 0 aliphatic carbocycles. The monoisotopic (exact) mass is 189 g/mol. The minimum Gasteiger partial charge on any atom is -0.316 e. The van der Waals surface area contributed by atoms with E-state index in [1.165, 1.54) is 11.1 Å². The van der Waals surface area contributed by atoms with E-state index in [9.17, 15) is 4.79 Å². The zero-order chi connectivity index (χ0) is 9.97. The zero-order valence-corrected chi connectivity index (χ0v) is 8.47. The predicted molar refractivity (Wildman–Crippen MR) is 56.7 cm³/mol. The fourth-order valence-corrected chi connectivity index (χ4v) is 1.89. The van der Waals surface area contributed by atoms with Crippen LogP contribution in [0.5, 0.6) is 0 Å². The minimum absolute atomic E-state index is 0.157. The SMILES string of the molecule is CC(=O)c1ccc2c(c1)CCNCC2. The molecule has 0 fully saturated rings. The van der Waals surface area contributed by atoms with Gasteiger partial charge in [-0.25, -0.2) is 0 Å². The summed E-state index contributed by atoms with van der Waals surface area (Å²) >= 11 is 0. The molecule has 1 aliphatic rings. The second kappa shape index (κ2) is 3.93. The molecule has 0 aromatic heterocycles. The van der Waals surface area contributed by atoms with E-state index in [1.807, 2.05) is 12.1 Å². The number of ketones is 1. The van der Waals surface area contributed by atoms with E-state index in [2.05, 4.69) is 11.4 Å². The Balaban J connectivity index is 2.37. The van der Waals surface area contributed by atoms with Crippen molar-refractivity contribution in [1.82, 2.24) is 5.32 Å². The van der Waals surface area contributed by atoms with Crippen molar-refractivity contribution < 1.29 is 4.79 Å². The summed E-state index contributed by atoms with van der Waals surface area (Å²) in [6, 6.07) is 6.08. The summed E-state index contributed by atoms with van der Waals surface area (Å²) < 4.78 is 0. The van der Waals surface area contributed by atoms with Gasteiger partial charge in [0.15, 0.2) is 5.78 Å². The molecule has 0 saturated heterocycles. The molecule has 0 atom stereocenters. The molecule has 1 N–H and O–H groups in total. The Morgan fingerprint density at radius 1 is 1.21 bits per heavy atom. The third-order valence-electron chi connectivity index (χ3n) is 2.76. The lowest BCUT2D eigenvalue weighted by Gasteiger charge is -2.06. The zero-order valence-electron chi connectivity index (χ0n) is 8.47. The molecule has 1 heterocycles. The Labute approximate surface area is 84.3 Å². The van der Waals surface area contributed by atoms with E-state index < -0.39 is 0 Å². The highest BCUT2D eigenvalue weighted by Crippen LogP contribution is 2.15. The molecule has 14 heavy (non-hydrogen) atoms. The van der Waals surface area contributed by atoms with Crippen molar-refractivity contribution in [1.29, 1.82) is 0 Å². The van der Waals surface area contributed by atoms with Gasteiger partial charge in [-0.2, -0.15) is 0 Å². The van der Waals surface area contributed by atoms with Gasteiger partial charge in [-0.3, -0.25) is 4.79 Å². The average Bonchev–Trinajstić information content (AvgIpc) is 2.41. The molecule has 0 radical (unpaired) electrons. The van der Waals surface area contributed by atoms with E-state index in [-0.39, 0.29) is 5.78 Å². The maximum absolute atomic E-state index is 11.2. The number of fused-ring (bicyclic) bond motifs is 1. The molecule has 2 heteroatoms. The second-order valence-electron chi connectivity index (χ2n) is 3.79. The molecule has 2 rings (SSSR count). The normalized spacial score (nSPS) is 15.8. The van der Waals surface area contributed by atoms with Gasteiger partial charge in [0.25, 0.3) is 0 Å². The summed E-state index contributed by atoms with van der Waals surface area (Å²) in [6.07, 6.45) is 2.12. The Morgan fingerprint density at radius 2 is 1.93 bits per heavy atom. The Kier molecular flexibility index (Phi) is 2.64. The highest BCUT2D eigenvalue weighted by Gasteiger charge is 2.09. The average molecular weight is 189 g/mol. The molecule has 1 aliphatic heterocycles. The fourth-order valence-electron chi connectivity index (χ4n) is 1.89. The van der Waals surface area contributed by atoms with Crippen LogP contribution in [0.4, 0.5) is 0 Å². The van der Waals surface area contributed by atoms with Crippen molar-refractivity contribution in [3.63, 3.8) is 0 Å². The molecule has 74 valence electrons. The molecule has 0 bridgehead atoms. The molecular formula is C12H15NO. The van der Waals surface area contributed by atoms with Gasteiger partial charge in [-0.15, -0.1) is 0 Å². The molecule has 1 aromatic carbocycles. The number of rotatable bonds is 1. The van der Waals surface area contributed by atoms with Crippen molar-refractivity contribution in [2.45, 2.75) is 19.8 Å². The molecule has 0 unspecified atom stereocenters. The van der Waals surface area contributed by atoms with Gasteiger partial charge in [0, 0.05) is 5.56 Å². The van der Waals surface area contributed by atoms with Crippen molar-refractivity contribution in [3.05, 3.63) is 34.9 Å². The lowest BCUT2D eigenvalue weighted by Crippen LogP contribution is -2.16. The molecular weight excluding hydrogens is 174 g/mol. The smallest absolute Gasteiger partial charge is 0.159 e. The van der Waals surface area contributed by atoms with Gasteiger partial charge in [-0.1, -0.05) is 12.1 Å². The van der Waals surface area contributed by atoms with Crippen LogP contribution in [0, 0.1) is 0 Å². The summed E-state index contributed by atoms with van der Waals surface area (Å²) in [6.45, 7) is 3.69. The fraction of sp³-hybridized carbons (Fsp3) is 0.417. The Morgan fingerprint density at radius 3 is 2.64 bits per heavy atom. The third-order valence-corrected chi connectivity index (χ3v) is 2.76. The highest BCUT2D eigenvalue weighted by molar-refractivity contribution is 5.94. The Bertz CT molecular complexity index is 357. The van der Waals surface area contributed by atoms with Crippen molar-refractivity contribution in [3.8, 4) is 0 Å². The number of hydrogen-bond acceptors (Lipinski definition) is 2. The number of Topliss-reactive ketones (excluding diaryl/α,β-unsaturated/α-hetero) is 1. The minimum atomic E-state index is 0.157. The summed E-state index contributed by atoms with van der Waals surface area (Å²) in [4.78, 5) is 11.2. The number of hydrogen-bond donors (Lipinski definition) is 1. The van der Waals surface area contributed by atoms with Gasteiger partial charge in [-0.05, 0) is 50.0 Å². The number of carbonyl (C=O) groups is 1. The summed E-state index contributed by atoms with van der Waals surface area (Å²) in [5.74, 6) is 0.157. The van der Waals surface area contributed by atoms with Crippen LogP contribution >= 0.6 is 0 Å². The van der Waals surface area contributed by atoms with Crippen LogP contribution in [0.25, 0.3) is 0 Å². The topological polar surface area (TPSA) is 29.1 Å². The highest BCUT2D eigenvalue weighted by atomic mass is 16.1. The van der Waals surface area contributed by atoms with Gasteiger partial charge in [0.2, 0.25) is 0 Å². The second-order valence-corrected chi connectivity index (χ2v) is 3.79. The maximum atomic E-state index is 11.2.